The van der Waals surface area contributed by atoms with Crippen LogP contribution in [0.15, 0.2) is 18.2 Å². The van der Waals surface area contributed by atoms with Gasteiger partial charge >= 0.3 is 0 Å². The number of hydrogen-bond acceptors (Lipinski definition) is 6. The van der Waals surface area contributed by atoms with Gasteiger partial charge in [0.05, 0.1) is 28.3 Å². The largest absolute Gasteiger partial charge is 0.494 e. The highest BCUT2D eigenvalue weighted by atomic mass is 32.2. The van der Waals surface area contributed by atoms with Gasteiger partial charge in [0.2, 0.25) is 0 Å². The van der Waals surface area contributed by atoms with E-state index in [1.807, 2.05) is 25.1 Å². The van der Waals surface area contributed by atoms with E-state index in [4.69, 9.17) is 4.74 Å². The number of nitrogens with zero attached hydrogens (tertiary/aromatic N) is 1. The first-order valence-electron chi connectivity index (χ1n) is 6.56. The maximum Gasteiger partial charge on any atom is 0.184 e. The van der Waals surface area contributed by atoms with E-state index in [9.17, 15) is 8.42 Å². The van der Waals surface area contributed by atoms with Crippen molar-refractivity contribution in [2.24, 2.45) is 0 Å². The fourth-order valence-corrected chi connectivity index (χ4v) is 4.95. The van der Waals surface area contributed by atoms with Crippen molar-refractivity contribution in [3.8, 4) is 5.75 Å². The Labute approximate surface area is 121 Å². The molecule has 20 heavy (non-hydrogen) atoms. The van der Waals surface area contributed by atoms with E-state index in [1.54, 1.807) is 0 Å². The second-order valence-corrected chi connectivity index (χ2v) is 8.09. The van der Waals surface area contributed by atoms with Crippen molar-refractivity contribution < 1.29 is 13.2 Å². The molecule has 0 bridgehead atoms. The number of anilines is 1. The fraction of sp³-hybridized carbons (Fsp3) is 0.462. The molecule has 1 aromatic carbocycles. The van der Waals surface area contributed by atoms with Gasteiger partial charge in [-0.1, -0.05) is 11.3 Å². The van der Waals surface area contributed by atoms with Crippen LogP contribution in [0.2, 0.25) is 0 Å². The van der Waals surface area contributed by atoms with E-state index in [0.717, 1.165) is 21.1 Å². The number of rotatable bonds is 4. The number of ether oxygens (including phenoxy) is 1. The number of nitrogens with one attached hydrogen (secondary N) is 1. The van der Waals surface area contributed by atoms with Crippen LogP contribution in [0.1, 0.15) is 13.3 Å². The van der Waals surface area contributed by atoms with Gasteiger partial charge in [0.1, 0.15) is 5.75 Å². The van der Waals surface area contributed by atoms with Gasteiger partial charge in [-0.2, -0.15) is 0 Å². The van der Waals surface area contributed by atoms with Gasteiger partial charge < -0.3 is 10.1 Å². The van der Waals surface area contributed by atoms with Crippen molar-refractivity contribution in [2.75, 3.05) is 23.4 Å². The monoisotopic (exact) mass is 312 g/mol. The first-order chi connectivity index (χ1) is 9.55. The molecule has 7 heteroatoms. The summed E-state index contributed by atoms with van der Waals surface area (Å²) in [5.74, 6) is 1.30. The molecule has 108 valence electrons. The van der Waals surface area contributed by atoms with E-state index in [1.165, 1.54) is 11.3 Å². The van der Waals surface area contributed by atoms with Gasteiger partial charge in [0.15, 0.2) is 15.0 Å². The molecule has 0 saturated carbocycles. The third-order valence-corrected chi connectivity index (χ3v) is 5.95. The average molecular weight is 312 g/mol. The highest BCUT2D eigenvalue weighted by Crippen LogP contribution is 2.30. The predicted molar refractivity (Wildman–Crippen MR) is 81.5 cm³/mol. The van der Waals surface area contributed by atoms with E-state index < -0.39 is 9.84 Å². The lowest BCUT2D eigenvalue weighted by molar-refractivity contribution is 0.341. The summed E-state index contributed by atoms with van der Waals surface area (Å²) in [6.07, 6.45) is 0.655. The summed E-state index contributed by atoms with van der Waals surface area (Å²) in [6, 6.07) is 5.77. The third kappa shape index (κ3) is 2.88. The summed E-state index contributed by atoms with van der Waals surface area (Å²) in [4.78, 5) is 4.48. The number of hydrogen-bond donors (Lipinski definition) is 1. The molecule has 1 aliphatic heterocycles. The minimum absolute atomic E-state index is 0.0214. The molecule has 1 saturated heterocycles. The van der Waals surface area contributed by atoms with Crippen molar-refractivity contribution in [2.45, 2.75) is 19.4 Å². The Morgan fingerprint density at radius 2 is 2.35 bits per heavy atom. The van der Waals surface area contributed by atoms with Gasteiger partial charge in [-0.05, 0) is 31.5 Å². The molecule has 1 fully saturated rings. The Balaban J connectivity index is 1.79. The lowest BCUT2D eigenvalue weighted by Gasteiger charge is -2.07. The number of fused-ring (bicyclic) bond motifs is 1. The zero-order valence-corrected chi connectivity index (χ0v) is 12.8. The van der Waals surface area contributed by atoms with E-state index in [-0.39, 0.29) is 17.5 Å². The molecule has 1 N–H and O–H groups in total. The summed E-state index contributed by atoms with van der Waals surface area (Å²) < 4.78 is 29.4. The van der Waals surface area contributed by atoms with Crippen LogP contribution in [0, 0.1) is 0 Å². The van der Waals surface area contributed by atoms with Gasteiger partial charge in [0.25, 0.3) is 0 Å². The quantitative estimate of drug-likeness (QED) is 0.938. The SMILES string of the molecule is CCOc1ccc2nc(NC3CCS(=O)(=O)C3)sc2c1. The predicted octanol–water partition coefficient (Wildman–Crippen LogP) is 2.29. The Hall–Kier alpha value is -1.34. The molecule has 2 heterocycles. The van der Waals surface area contributed by atoms with Crippen LogP contribution in [0.4, 0.5) is 5.13 Å². The van der Waals surface area contributed by atoms with Crippen LogP contribution in [-0.4, -0.2) is 37.6 Å². The molecular formula is C13H16N2O3S2. The van der Waals surface area contributed by atoms with E-state index in [2.05, 4.69) is 10.3 Å². The molecule has 1 aromatic heterocycles. The summed E-state index contributed by atoms with van der Waals surface area (Å²) >= 11 is 1.53. The molecule has 2 aromatic rings. The van der Waals surface area contributed by atoms with Gasteiger partial charge in [-0.3, -0.25) is 0 Å². The van der Waals surface area contributed by atoms with Crippen LogP contribution >= 0.6 is 11.3 Å². The highest BCUT2D eigenvalue weighted by molar-refractivity contribution is 7.91. The Kier molecular flexibility index (Phi) is 3.55. The number of sulfone groups is 1. The smallest absolute Gasteiger partial charge is 0.184 e. The number of aromatic nitrogens is 1. The highest BCUT2D eigenvalue weighted by Gasteiger charge is 2.28. The van der Waals surface area contributed by atoms with Crippen molar-refractivity contribution in [1.29, 1.82) is 0 Å². The molecule has 0 amide bonds. The maximum absolute atomic E-state index is 11.4. The van der Waals surface area contributed by atoms with E-state index >= 15 is 0 Å². The molecule has 0 spiro atoms. The normalized spacial score (nSPS) is 21.1. The van der Waals surface area contributed by atoms with Crippen molar-refractivity contribution in [1.82, 2.24) is 4.98 Å². The number of thiazole rings is 1. The first-order valence-corrected chi connectivity index (χ1v) is 9.20. The van der Waals surface area contributed by atoms with Crippen molar-refractivity contribution in [3.63, 3.8) is 0 Å². The average Bonchev–Trinajstić information content (AvgIpc) is 2.92. The number of benzene rings is 1. The van der Waals surface area contributed by atoms with Crippen LogP contribution in [0.5, 0.6) is 5.75 Å². The molecule has 0 radical (unpaired) electrons. The molecule has 0 aliphatic carbocycles. The summed E-state index contributed by atoms with van der Waals surface area (Å²) in [7, 11) is -2.87. The summed E-state index contributed by atoms with van der Waals surface area (Å²) in [5.41, 5.74) is 0.904. The Morgan fingerprint density at radius 1 is 1.50 bits per heavy atom. The molecular weight excluding hydrogens is 296 g/mol. The standard InChI is InChI=1S/C13H16N2O3S2/c1-2-18-10-3-4-11-12(7-10)19-13(15-11)14-9-5-6-20(16,17)8-9/h3-4,7,9H,2,5-6,8H2,1H3,(H,14,15). The molecule has 1 unspecified atom stereocenters. The first kappa shape index (κ1) is 13.6. The van der Waals surface area contributed by atoms with Crippen LogP contribution in [0.3, 0.4) is 0 Å². The minimum atomic E-state index is -2.87. The summed E-state index contributed by atoms with van der Waals surface area (Å²) in [6.45, 7) is 2.58. The van der Waals surface area contributed by atoms with Crippen LogP contribution in [-0.2, 0) is 9.84 Å². The minimum Gasteiger partial charge on any atom is -0.494 e. The third-order valence-electron chi connectivity index (χ3n) is 3.23. The molecule has 1 atom stereocenters. The second kappa shape index (κ2) is 5.21. The van der Waals surface area contributed by atoms with E-state index in [0.29, 0.717) is 13.0 Å². The second-order valence-electron chi connectivity index (χ2n) is 4.83. The van der Waals surface area contributed by atoms with Crippen LogP contribution in [0.25, 0.3) is 10.2 Å². The van der Waals surface area contributed by atoms with Gasteiger partial charge in [0, 0.05) is 6.04 Å². The molecule has 1 aliphatic rings. The molecule has 5 nitrogen and oxygen atoms in total. The fourth-order valence-electron chi connectivity index (χ4n) is 2.31. The lowest BCUT2D eigenvalue weighted by Crippen LogP contribution is -2.20. The Morgan fingerprint density at radius 3 is 3.05 bits per heavy atom. The zero-order valence-electron chi connectivity index (χ0n) is 11.1. The van der Waals surface area contributed by atoms with Crippen molar-refractivity contribution in [3.05, 3.63) is 18.2 Å². The van der Waals surface area contributed by atoms with Gasteiger partial charge in [-0.25, -0.2) is 13.4 Å². The topological polar surface area (TPSA) is 68.3 Å². The molecule has 3 rings (SSSR count). The van der Waals surface area contributed by atoms with Crippen molar-refractivity contribution >= 4 is 36.5 Å². The van der Waals surface area contributed by atoms with Crippen LogP contribution < -0.4 is 10.1 Å². The Bertz CT molecular complexity index is 724. The summed E-state index contributed by atoms with van der Waals surface area (Å²) in [5, 5.41) is 4.00. The lowest BCUT2D eigenvalue weighted by atomic mass is 10.3. The zero-order chi connectivity index (χ0) is 14.2. The van der Waals surface area contributed by atoms with Gasteiger partial charge in [-0.15, -0.1) is 0 Å². The maximum atomic E-state index is 11.4.